The molecular weight excluding hydrogens is 370 g/mol. The Balaban J connectivity index is 2.12. The average molecular weight is 388 g/mol. The molecule has 24 heavy (non-hydrogen) atoms. The minimum Gasteiger partial charge on any atom is -0.460 e. The molecule has 0 fully saturated rings. The SMILES string of the molecule is C=CCOC(=O)[C@H](Cc1ccccc1)NC(=O)c1ccc(Br)cc1. The first kappa shape index (κ1) is 17.9. The summed E-state index contributed by atoms with van der Waals surface area (Å²) in [5.74, 6) is -0.803. The first-order chi connectivity index (χ1) is 11.6. The van der Waals surface area contributed by atoms with Crippen molar-refractivity contribution in [3.05, 3.63) is 82.9 Å². The Bertz CT molecular complexity index is 698. The molecule has 0 saturated carbocycles. The highest BCUT2D eigenvalue weighted by Crippen LogP contribution is 2.11. The third-order valence-corrected chi connectivity index (χ3v) is 3.85. The molecule has 0 aliphatic carbocycles. The van der Waals surface area contributed by atoms with Crippen LogP contribution >= 0.6 is 15.9 Å². The first-order valence-electron chi connectivity index (χ1n) is 7.48. The van der Waals surface area contributed by atoms with Crippen LogP contribution in [0.5, 0.6) is 0 Å². The van der Waals surface area contributed by atoms with Gasteiger partial charge in [0, 0.05) is 16.5 Å². The van der Waals surface area contributed by atoms with Gasteiger partial charge in [-0.2, -0.15) is 0 Å². The molecule has 0 spiro atoms. The molecule has 124 valence electrons. The van der Waals surface area contributed by atoms with Crippen LogP contribution in [0, 0.1) is 0 Å². The van der Waals surface area contributed by atoms with Gasteiger partial charge in [0.1, 0.15) is 12.6 Å². The molecule has 1 amide bonds. The lowest BCUT2D eigenvalue weighted by Crippen LogP contribution is -2.43. The zero-order valence-corrected chi connectivity index (χ0v) is 14.7. The third kappa shape index (κ3) is 5.35. The van der Waals surface area contributed by atoms with Gasteiger partial charge in [0.25, 0.3) is 5.91 Å². The Labute approximate surface area is 149 Å². The van der Waals surface area contributed by atoms with E-state index in [1.807, 2.05) is 30.3 Å². The summed E-state index contributed by atoms with van der Waals surface area (Å²) in [4.78, 5) is 24.6. The second-order valence-corrected chi connectivity index (χ2v) is 6.06. The molecule has 1 atom stereocenters. The van der Waals surface area contributed by atoms with Gasteiger partial charge in [-0.1, -0.05) is 58.9 Å². The molecule has 0 aliphatic heterocycles. The van der Waals surface area contributed by atoms with Crippen molar-refractivity contribution in [2.45, 2.75) is 12.5 Å². The number of amides is 1. The molecule has 0 aromatic heterocycles. The molecule has 2 aromatic carbocycles. The van der Waals surface area contributed by atoms with Crippen LogP contribution in [0.4, 0.5) is 0 Å². The average Bonchev–Trinajstić information content (AvgIpc) is 2.60. The van der Waals surface area contributed by atoms with E-state index in [1.54, 1.807) is 24.3 Å². The summed E-state index contributed by atoms with van der Waals surface area (Å²) < 4.78 is 5.98. The second kappa shape index (κ2) is 9.03. The fourth-order valence-corrected chi connectivity index (χ4v) is 2.39. The summed E-state index contributed by atoms with van der Waals surface area (Å²) in [7, 11) is 0. The number of hydrogen-bond acceptors (Lipinski definition) is 3. The summed E-state index contributed by atoms with van der Waals surface area (Å²) in [6.45, 7) is 3.63. The van der Waals surface area contributed by atoms with Gasteiger partial charge in [0.15, 0.2) is 0 Å². The van der Waals surface area contributed by atoms with E-state index in [0.717, 1.165) is 10.0 Å². The van der Waals surface area contributed by atoms with Gasteiger partial charge in [-0.15, -0.1) is 0 Å². The zero-order valence-electron chi connectivity index (χ0n) is 13.1. The highest BCUT2D eigenvalue weighted by atomic mass is 79.9. The summed E-state index contributed by atoms with van der Waals surface area (Å²) in [6.07, 6.45) is 1.85. The number of esters is 1. The third-order valence-electron chi connectivity index (χ3n) is 3.32. The largest absolute Gasteiger partial charge is 0.460 e. The maximum atomic E-state index is 12.4. The molecule has 1 N–H and O–H groups in total. The number of benzene rings is 2. The molecule has 0 aliphatic rings. The van der Waals surface area contributed by atoms with Crippen LogP contribution in [0.2, 0.25) is 0 Å². The zero-order chi connectivity index (χ0) is 17.4. The Kier molecular flexibility index (Phi) is 6.75. The standard InChI is InChI=1S/C19H18BrNO3/c1-2-12-24-19(23)17(13-14-6-4-3-5-7-14)21-18(22)15-8-10-16(20)11-9-15/h2-11,17H,1,12-13H2,(H,21,22)/t17-/m0/s1. The van der Waals surface area contributed by atoms with Gasteiger partial charge in [-0.3, -0.25) is 4.79 Å². The van der Waals surface area contributed by atoms with Crippen molar-refractivity contribution >= 4 is 27.8 Å². The van der Waals surface area contributed by atoms with Crippen LogP contribution in [0.1, 0.15) is 15.9 Å². The van der Waals surface area contributed by atoms with Crippen molar-refractivity contribution in [1.29, 1.82) is 0 Å². The summed E-state index contributed by atoms with van der Waals surface area (Å²) in [5, 5.41) is 2.75. The molecule has 0 saturated heterocycles. The van der Waals surface area contributed by atoms with Gasteiger partial charge in [-0.05, 0) is 29.8 Å². The highest BCUT2D eigenvalue weighted by molar-refractivity contribution is 9.10. The summed E-state index contributed by atoms with van der Waals surface area (Å²) in [6, 6.07) is 15.6. The van der Waals surface area contributed by atoms with Crippen LogP contribution in [0.3, 0.4) is 0 Å². The fraction of sp³-hybridized carbons (Fsp3) is 0.158. The maximum absolute atomic E-state index is 12.4. The Hall–Kier alpha value is -2.40. The number of carbonyl (C=O) groups is 2. The van der Waals surface area contributed by atoms with E-state index >= 15 is 0 Å². The first-order valence-corrected chi connectivity index (χ1v) is 8.27. The van der Waals surface area contributed by atoms with E-state index in [4.69, 9.17) is 4.74 Å². The Morgan fingerprint density at radius 2 is 1.79 bits per heavy atom. The molecule has 0 radical (unpaired) electrons. The fourth-order valence-electron chi connectivity index (χ4n) is 2.13. The summed E-state index contributed by atoms with van der Waals surface area (Å²) in [5.41, 5.74) is 1.42. The quantitative estimate of drug-likeness (QED) is 0.583. The number of ether oxygens (including phenoxy) is 1. The number of carbonyl (C=O) groups excluding carboxylic acids is 2. The normalized spacial score (nSPS) is 11.4. The molecule has 4 nitrogen and oxygen atoms in total. The van der Waals surface area contributed by atoms with Crippen molar-refractivity contribution in [3.63, 3.8) is 0 Å². The topological polar surface area (TPSA) is 55.4 Å². The molecule has 0 heterocycles. The van der Waals surface area contributed by atoms with Crippen molar-refractivity contribution < 1.29 is 14.3 Å². The summed E-state index contributed by atoms with van der Waals surface area (Å²) >= 11 is 3.33. The van der Waals surface area contributed by atoms with Gasteiger partial charge >= 0.3 is 5.97 Å². The minimum absolute atomic E-state index is 0.109. The predicted molar refractivity (Wildman–Crippen MR) is 96.7 cm³/mol. The van der Waals surface area contributed by atoms with Crippen LogP contribution in [-0.2, 0) is 16.0 Å². The van der Waals surface area contributed by atoms with Crippen LogP contribution in [-0.4, -0.2) is 24.5 Å². The lowest BCUT2D eigenvalue weighted by atomic mass is 10.1. The maximum Gasteiger partial charge on any atom is 0.329 e. The van der Waals surface area contributed by atoms with E-state index in [1.165, 1.54) is 6.08 Å². The van der Waals surface area contributed by atoms with Gasteiger partial charge in [-0.25, -0.2) is 4.79 Å². The minimum atomic E-state index is -0.761. The number of nitrogens with one attached hydrogen (secondary N) is 1. The van der Waals surface area contributed by atoms with Gasteiger partial charge in [0.2, 0.25) is 0 Å². The van der Waals surface area contributed by atoms with Crippen LogP contribution < -0.4 is 5.32 Å². The smallest absolute Gasteiger partial charge is 0.329 e. The van der Waals surface area contributed by atoms with Crippen molar-refractivity contribution in [2.24, 2.45) is 0 Å². The van der Waals surface area contributed by atoms with E-state index in [2.05, 4.69) is 27.8 Å². The number of halogens is 1. The van der Waals surface area contributed by atoms with Gasteiger partial charge in [0.05, 0.1) is 0 Å². The molecule has 5 heteroatoms. The van der Waals surface area contributed by atoms with E-state index < -0.39 is 12.0 Å². The number of rotatable bonds is 7. The van der Waals surface area contributed by atoms with Crippen molar-refractivity contribution in [2.75, 3.05) is 6.61 Å². The lowest BCUT2D eigenvalue weighted by Gasteiger charge is -2.17. The van der Waals surface area contributed by atoms with Crippen LogP contribution in [0.25, 0.3) is 0 Å². The molecule has 0 unspecified atom stereocenters. The molecular formula is C19H18BrNO3. The van der Waals surface area contributed by atoms with Crippen LogP contribution in [0.15, 0.2) is 71.7 Å². The van der Waals surface area contributed by atoms with E-state index in [0.29, 0.717) is 12.0 Å². The Morgan fingerprint density at radius 1 is 1.12 bits per heavy atom. The molecule has 2 rings (SSSR count). The monoisotopic (exact) mass is 387 g/mol. The van der Waals surface area contributed by atoms with E-state index in [9.17, 15) is 9.59 Å². The second-order valence-electron chi connectivity index (χ2n) is 5.14. The van der Waals surface area contributed by atoms with E-state index in [-0.39, 0.29) is 12.5 Å². The Morgan fingerprint density at radius 3 is 2.42 bits per heavy atom. The van der Waals surface area contributed by atoms with Crippen molar-refractivity contribution in [3.8, 4) is 0 Å². The molecule has 0 bridgehead atoms. The van der Waals surface area contributed by atoms with Crippen molar-refractivity contribution in [1.82, 2.24) is 5.32 Å². The highest BCUT2D eigenvalue weighted by Gasteiger charge is 2.23. The lowest BCUT2D eigenvalue weighted by molar-refractivity contribution is -0.144. The predicted octanol–water partition coefficient (Wildman–Crippen LogP) is 3.52. The molecule has 2 aromatic rings. The number of hydrogen-bond donors (Lipinski definition) is 1. The van der Waals surface area contributed by atoms with Gasteiger partial charge < -0.3 is 10.1 Å².